The molecule has 30 heavy (non-hydrogen) atoms. The van der Waals surface area contributed by atoms with Gasteiger partial charge in [-0.3, -0.25) is 9.78 Å². The molecule has 1 N–H and O–H groups in total. The number of halogens is 3. The molecule has 0 aliphatic carbocycles. The summed E-state index contributed by atoms with van der Waals surface area (Å²) in [6, 6.07) is 12.1. The van der Waals surface area contributed by atoms with E-state index in [9.17, 15) is 13.6 Å². The molecule has 2 aromatic carbocycles. The summed E-state index contributed by atoms with van der Waals surface area (Å²) in [4.78, 5) is 21.3. The van der Waals surface area contributed by atoms with Gasteiger partial charge in [0, 0.05) is 17.6 Å². The molecule has 2 heterocycles. The number of amides is 1. The molecule has 1 amide bonds. The lowest BCUT2D eigenvalue weighted by Gasteiger charge is -2.10. The zero-order valence-electron chi connectivity index (χ0n) is 15.5. The second-order valence-electron chi connectivity index (χ2n) is 6.44. The summed E-state index contributed by atoms with van der Waals surface area (Å²) in [5.74, 6) is -0.696. The van der Waals surface area contributed by atoms with E-state index in [1.165, 1.54) is 42.1 Å². The van der Waals surface area contributed by atoms with Gasteiger partial charge in [-0.2, -0.15) is 0 Å². The maximum atomic E-state index is 13.4. The lowest BCUT2D eigenvalue weighted by Crippen LogP contribution is -2.19. The Morgan fingerprint density at radius 3 is 2.83 bits per heavy atom. The van der Waals surface area contributed by atoms with Gasteiger partial charge in [0.15, 0.2) is 5.16 Å². The number of fused-ring (bicyclic) bond motifs is 1. The molecule has 0 bridgehead atoms. The molecule has 0 radical (unpaired) electrons. The number of imidazole rings is 1. The number of rotatable bonds is 6. The highest BCUT2D eigenvalue weighted by Gasteiger charge is 2.15. The van der Waals surface area contributed by atoms with Gasteiger partial charge in [0.2, 0.25) is 5.91 Å². The van der Waals surface area contributed by atoms with Gasteiger partial charge in [-0.1, -0.05) is 35.5 Å². The molecule has 0 saturated carbocycles. The molecule has 0 fully saturated rings. The van der Waals surface area contributed by atoms with Crippen LogP contribution < -0.4 is 5.32 Å². The van der Waals surface area contributed by atoms with E-state index in [-0.39, 0.29) is 23.3 Å². The quantitative estimate of drug-likeness (QED) is 0.410. The minimum Gasteiger partial charge on any atom is -0.324 e. The number of carbonyl (C=O) groups is 1. The Labute approximate surface area is 180 Å². The van der Waals surface area contributed by atoms with Gasteiger partial charge in [0.1, 0.15) is 18.2 Å². The third-order valence-corrected chi connectivity index (χ3v) is 5.61. The molecular weight excluding hydrogens is 430 g/mol. The Hall–Kier alpha value is -2.97. The predicted octanol–water partition coefficient (Wildman–Crippen LogP) is 5.29. The van der Waals surface area contributed by atoms with E-state index in [2.05, 4.69) is 15.3 Å². The van der Waals surface area contributed by atoms with Gasteiger partial charge in [-0.25, -0.2) is 13.8 Å². The first kappa shape index (κ1) is 20.3. The van der Waals surface area contributed by atoms with Gasteiger partial charge in [0.05, 0.1) is 22.3 Å². The van der Waals surface area contributed by atoms with E-state index in [0.717, 1.165) is 5.56 Å². The van der Waals surface area contributed by atoms with Gasteiger partial charge in [-0.05, 0) is 42.0 Å². The van der Waals surface area contributed by atoms with Gasteiger partial charge < -0.3 is 9.88 Å². The lowest BCUT2D eigenvalue weighted by atomic mass is 10.2. The molecule has 0 unspecified atom stereocenters. The maximum absolute atomic E-state index is 13.4. The predicted molar refractivity (Wildman–Crippen MR) is 114 cm³/mol. The standard InChI is InChI=1S/C21H15ClF2N4OS/c22-16-9-15(4-5-17(16)24)26-20(29)11-28-19-10-25-7-6-18(19)27-21(28)30-12-13-2-1-3-14(23)8-13/h1-10H,11-12H2,(H,26,29). The van der Waals surface area contributed by atoms with Crippen LogP contribution >= 0.6 is 23.4 Å². The van der Waals surface area contributed by atoms with Crippen LogP contribution in [0.25, 0.3) is 11.0 Å². The summed E-state index contributed by atoms with van der Waals surface area (Å²) in [6.45, 7) is -0.0251. The first-order valence-electron chi connectivity index (χ1n) is 8.92. The van der Waals surface area contributed by atoms with Crippen molar-refractivity contribution in [2.75, 3.05) is 5.32 Å². The molecular formula is C21H15ClF2N4OS. The normalized spacial score (nSPS) is 11.0. The Morgan fingerprint density at radius 1 is 1.17 bits per heavy atom. The molecule has 9 heteroatoms. The van der Waals surface area contributed by atoms with Crippen molar-refractivity contribution in [1.82, 2.24) is 14.5 Å². The molecule has 4 aromatic rings. The minimum atomic E-state index is -0.558. The summed E-state index contributed by atoms with van der Waals surface area (Å²) < 4.78 is 28.5. The number of aromatic nitrogens is 3. The number of pyridine rings is 1. The van der Waals surface area contributed by atoms with Crippen LogP contribution in [0, 0.1) is 11.6 Å². The SMILES string of the molecule is O=C(Cn1c(SCc2cccc(F)c2)nc2ccncc21)Nc1ccc(F)c(Cl)c1. The Morgan fingerprint density at radius 2 is 2.03 bits per heavy atom. The van der Waals surface area contributed by atoms with Crippen LogP contribution in [-0.4, -0.2) is 20.4 Å². The molecule has 0 spiro atoms. The minimum absolute atomic E-state index is 0.0251. The van der Waals surface area contributed by atoms with Crippen LogP contribution in [0.4, 0.5) is 14.5 Å². The molecule has 0 aliphatic heterocycles. The van der Waals surface area contributed by atoms with Crippen LogP contribution in [-0.2, 0) is 17.1 Å². The van der Waals surface area contributed by atoms with Crippen LogP contribution in [0.2, 0.25) is 5.02 Å². The number of carbonyl (C=O) groups excluding carboxylic acids is 1. The van der Waals surface area contributed by atoms with Crippen molar-refractivity contribution in [1.29, 1.82) is 0 Å². The van der Waals surface area contributed by atoms with Crippen molar-refractivity contribution in [3.05, 3.63) is 83.1 Å². The fourth-order valence-corrected chi connectivity index (χ4v) is 4.04. The van der Waals surface area contributed by atoms with Crippen LogP contribution in [0.3, 0.4) is 0 Å². The smallest absolute Gasteiger partial charge is 0.244 e. The second-order valence-corrected chi connectivity index (χ2v) is 7.79. The first-order valence-corrected chi connectivity index (χ1v) is 10.3. The number of anilines is 1. The van der Waals surface area contributed by atoms with Crippen molar-refractivity contribution < 1.29 is 13.6 Å². The molecule has 0 atom stereocenters. The average molecular weight is 445 g/mol. The zero-order valence-corrected chi connectivity index (χ0v) is 17.1. The van der Waals surface area contributed by atoms with E-state index in [0.29, 0.717) is 27.6 Å². The highest BCUT2D eigenvalue weighted by molar-refractivity contribution is 7.98. The first-order chi connectivity index (χ1) is 14.5. The molecule has 4 rings (SSSR count). The second kappa shape index (κ2) is 8.81. The van der Waals surface area contributed by atoms with Crippen molar-refractivity contribution in [3.63, 3.8) is 0 Å². The van der Waals surface area contributed by atoms with Crippen molar-refractivity contribution in [3.8, 4) is 0 Å². The van der Waals surface area contributed by atoms with Gasteiger partial charge >= 0.3 is 0 Å². The monoisotopic (exact) mass is 444 g/mol. The number of hydrogen-bond acceptors (Lipinski definition) is 4. The molecule has 0 aliphatic rings. The molecule has 5 nitrogen and oxygen atoms in total. The number of hydrogen-bond donors (Lipinski definition) is 1. The van der Waals surface area contributed by atoms with Crippen LogP contribution in [0.15, 0.2) is 66.1 Å². The zero-order chi connectivity index (χ0) is 21.1. The summed E-state index contributed by atoms with van der Waals surface area (Å²) in [5, 5.41) is 3.24. The number of benzene rings is 2. The van der Waals surface area contributed by atoms with E-state index in [4.69, 9.17) is 11.6 Å². The summed E-state index contributed by atoms with van der Waals surface area (Å²) in [5.41, 5.74) is 2.60. The average Bonchev–Trinajstić information content (AvgIpc) is 3.07. The molecule has 0 saturated heterocycles. The Bertz CT molecular complexity index is 1230. The number of nitrogens with zero attached hydrogens (tertiary/aromatic N) is 3. The van der Waals surface area contributed by atoms with E-state index in [1.807, 2.05) is 6.07 Å². The van der Waals surface area contributed by atoms with Gasteiger partial charge in [-0.15, -0.1) is 0 Å². The largest absolute Gasteiger partial charge is 0.324 e. The van der Waals surface area contributed by atoms with Crippen molar-refractivity contribution >= 4 is 46.0 Å². The third kappa shape index (κ3) is 4.60. The Kier molecular flexibility index (Phi) is 5.96. The molecule has 152 valence electrons. The van der Waals surface area contributed by atoms with Crippen LogP contribution in [0.5, 0.6) is 0 Å². The van der Waals surface area contributed by atoms with E-state index in [1.54, 1.807) is 29.1 Å². The summed E-state index contributed by atoms with van der Waals surface area (Å²) in [6.07, 6.45) is 3.26. The summed E-state index contributed by atoms with van der Waals surface area (Å²) in [7, 11) is 0. The highest BCUT2D eigenvalue weighted by atomic mass is 35.5. The van der Waals surface area contributed by atoms with Crippen LogP contribution in [0.1, 0.15) is 5.56 Å². The topological polar surface area (TPSA) is 59.8 Å². The van der Waals surface area contributed by atoms with E-state index >= 15 is 0 Å². The van der Waals surface area contributed by atoms with Crippen molar-refractivity contribution in [2.45, 2.75) is 17.5 Å². The van der Waals surface area contributed by atoms with Gasteiger partial charge in [0.25, 0.3) is 0 Å². The fraction of sp³-hybridized carbons (Fsp3) is 0.0952. The lowest BCUT2D eigenvalue weighted by molar-refractivity contribution is -0.116. The number of thioether (sulfide) groups is 1. The van der Waals surface area contributed by atoms with E-state index < -0.39 is 5.82 Å². The highest BCUT2D eigenvalue weighted by Crippen LogP contribution is 2.27. The molecule has 2 aromatic heterocycles. The third-order valence-electron chi connectivity index (χ3n) is 4.28. The summed E-state index contributed by atoms with van der Waals surface area (Å²) >= 11 is 7.17. The maximum Gasteiger partial charge on any atom is 0.244 e. The number of nitrogens with one attached hydrogen (secondary N) is 1. The fourth-order valence-electron chi connectivity index (χ4n) is 2.90. The van der Waals surface area contributed by atoms with Crippen molar-refractivity contribution in [2.24, 2.45) is 0 Å². The Balaban J connectivity index is 1.56.